The minimum Gasteiger partial charge on any atom is -0.505 e. The molecule has 0 bridgehead atoms. The zero-order chi connectivity index (χ0) is 17.3. The lowest BCUT2D eigenvalue weighted by atomic mass is 10.1. The minimum atomic E-state index is -0.489. The molecule has 0 amide bonds. The lowest BCUT2D eigenvalue weighted by Gasteiger charge is -2.11. The van der Waals surface area contributed by atoms with Gasteiger partial charge in [0.25, 0.3) is 0 Å². The van der Waals surface area contributed by atoms with E-state index in [2.05, 4.69) is 10.2 Å². The molecule has 1 heterocycles. The van der Waals surface area contributed by atoms with Gasteiger partial charge in [-0.25, -0.2) is 4.79 Å². The number of fused-ring (bicyclic) bond motifs is 1. The van der Waals surface area contributed by atoms with Crippen LogP contribution in [0.25, 0.3) is 11.0 Å². The highest BCUT2D eigenvalue weighted by atomic mass is 16.4. The predicted octanol–water partition coefficient (Wildman–Crippen LogP) is 4.29. The molecular weight excluding hydrogens is 306 g/mol. The van der Waals surface area contributed by atoms with E-state index in [0.29, 0.717) is 11.1 Å². The zero-order valence-corrected chi connectivity index (χ0v) is 13.6. The van der Waals surface area contributed by atoms with Gasteiger partial charge >= 0.3 is 5.63 Å². The van der Waals surface area contributed by atoms with Gasteiger partial charge in [-0.2, -0.15) is 5.11 Å². The lowest BCUT2D eigenvalue weighted by Crippen LogP contribution is -2.07. The summed E-state index contributed by atoms with van der Waals surface area (Å²) >= 11 is 0. The topological polar surface area (TPSA) is 78.4 Å². The van der Waals surface area contributed by atoms with Crippen molar-refractivity contribution in [2.45, 2.75) is 6.92 Å². The summed E-state index contributed by atoms with van der Waals surface area (Å²) in [6.45, 7) is 1.80. The lowest BCUT2D eigenvalue weighted by molar-refractivity contribution is 0.474. The maximum atomic E-state index is 11.6. The first-order valence-electron chi connectivity index (χ1n) is 7.41. The van der Waals surface area contributed by atoms with Gasteiger partial charge in [0.05, 0.1) is 5.69 Å². The van der Waals surface area contributed by atoms with Crippen LogP contribution in [0.5, 0.6) is 5.75 Å². The summed E-state index contributed by atoms with van der Waals surface area (Å²) in [6, 6.07) is 12.1. The minimum absolute atomic E-state index is 0.0927. The number of hydrogen-bond donors (Lipinski definition) is 1. The number of azo groups is 1. The van der Waals surface area contributed by atoms with Gasteiger partial charge in [0, 0.05) is 31.2 Å². The average molecular weight is 323 g/mol. The van der Waals surface area contributed by atoms with Crippen molar-refractivity contribution >= 4 is 28.0 Å². The van der Waals surface area contributed by atoms with Crippen LogP contribution in [0.2, 0.25) is 0 Å². The molecule has 0 aliphatic heterocycles. The SMILES string of the molecule is Cc1cc(=O)oc2c(/N=N/c3ccc(N(C)C)cc3)c(O)ccc12. The Bertz CT molecular complexity index is 973. The van der Waals surface area contributed by atoms with Crippen LogP contribution in [0.15, 0.2) is 61.9 Å². The van der Waals surface area contributed by atoms with Gasteiger partial charge in [0.1, 0.15) is 5.75 Å². The van der Waals surface area contributed by atoms with E-state index in [1.54, 1.807) is 13.0 Å². The van der Waals surface area contributed by atoms with Crippen LogP contribution in [-0.4, -0.2) is 19.2 Å². The monoisotopic (exact) mass is 323 g/mol. The van der Waals surface area contributed by atoms with E-state index in [9.17, 15) is 9.90 Å². The van der Waals surface area contributed by atoms with Crippen molar-refractivity contribution in [3.63, 3.8) is 0 Å². The number of anilines is 1. The molecule has 6 heteroatoms. The smallest absolute Gasteiger partial charge is 0.336 e. The van der Waals surface area contributed by atoms with Crippen LogP contribution in [0, 0.1) is 6.92 Å². The fourth-order valence-corrected chi connectivity index (χ4v) is 2.38. The Morgan fingerprint density at radius 3 is 2.42 bits per heavy atom. The molecule has 0 spiro atoms. The van der Waals surface area contributed by atoms with E-state index < -0.39 is 5.63 Å². The predicted molar refractivity (Wildman–Crippen MR) is 93.8 cm³/mol. The van der Waals surface area contributed by atoms with E-state index >= 15 is 0 Å². The molecule has 6 nitrogen and oxygen atoms in total. The molecule has 122 valence electrons. The Hall–Kier alpha value is -3.15. The summed E-state index contributed by atoms with van der Waals surface area (Å²) in [4.78, 5) is 13.6. The number of rotatable bonds is 3. The molecule has 0 saturated carbocycles. The number of aryl methyl sites for hydroxylation is 1. The van der Waals surface area contributed by atoms with Crippen LogP contribution < -0.4 is 10.5 Å². The van der Waals surface area contributed by atoms with Crippen molar-refractivity contribution in [2.24, 2.45) is 10.2 Å². The standard InChI is InChI=1S/C18H17N3O3/c1-11-10-16(23)24-18-14(11)8-9-15(22)17(18)20-19-12-4-6-13(7-5-12)21(2)3/h4-10,22H,1-3H3/b20-19+. The highest BCUT2D eigenvalue weighted by Crippen LogP contribution is 2.36. The maximum absolute atomic E-state index is 11.6. The normalized spacial score (nSPS) is 11.3. The first-order chi connectivity index (χ1) is 11.5. The van der Waals surface area contributed by atoms with Crippen LogP contribution in [-0.2, 0) is 0 Å². The Morgan fingerprint density at radius 1 is 1.04 bits per heavy atom. The molecule has 0 radical (unpaired) electrons. The molecule has 0 fully saturated rings. The second kappa shape index (κ2) is 6.16. The third kappa shape index (κ3) is 2.99. The number of phenols is 1. The second-order valence-electron chi connectivity index (χ2n) is 5.67. The first kappa shape index (κ1) is 15.7. The van der Waals surface area contributed by atoms with Crippen LogP contribution in [0.4, 0.5) is 17.1 Å². The quantitative estimate of drug-likeness (QED) is 0.576. The Labute approximate surface area is 138 Å². The molecule has 0 unspecified atom stereocenters. The van der Waals surface area contributed by atoms with E-state index in [0.717, 1.165) is 11.3 Å². The summed E-state index contributed by atoms with van der Waals surface area (Å²) in [5, 5.41) is 19.0. The van der Waals surface area contributed by atoms with Gasteiger partial charge in [-0.15, -0.1) is 5.11 Å². The van der Waals surface area contributed by atoms with E-state index in [1.165, 1.54) is 12.1 Å². The molecule has 0 aliphatic carbocycles. The molecule has 0 saturated heterocycles. The average Bonchev–Trinajstić information content (AvgIpc) is 2.54. The van der Waals surface area contributed by atoms with Crippen molar-refractivity contribution in [2.75, 3.05) is 19.0 Å². The zero-order valence-electron chi connectivity index (χ0n) is 13.6. The van der Waals surface area contributed by atoms with E-state index in [-0.39, 0.29) is 17.0 Å². The maximum Gasteiger partial charge on any atom is 0.336 e. The number of phenolic OH excluding ortho intramolecular Hbond substituents is 1. The Kier molecular flexibility index (Phi) is 4.04. The highest BCUT2D eigenvalue weighted by Gasteiger charge is 2.12. The van der Waals surface area contributed by atoms with Gasteiger partial charge in [-0.1, -0.05) is 0 Å². The molecule has 3 aromatic rings. The number of nitrogens with zero attached hydrogens (tertiary/aromatic N) is 3. The summed E-state index contributed by atoms with van der Waals surface area (Å²) in [7, 11) is 3.91. The molecular formula is C18H17N3O3. The van der Waals surface area contributed by atoms with Gasteiger partial charge in [0.15, 0.2) is 11.3 Å². The number of benzene rings is 2. The van der Waals surface area contributed by atoms with Gasteiger partial charge in [0.2, 0.25) is 0 Å². The number of aromatic hydroxyl groups is 1. The van der Waals surface area contributed by atoms with Crippen molar-refractivity contribution < 1.29 is 9.52 Å². The second-order valence-corrected chi connectivity index (χ2v) is 5.67. The molecule has 0 aliphatic rings. The van der Waals surface area contributed by atoms with Crippen LogP contribution in [0.3, 0.4) is 0 Å². The molecule has 3 rings (SSSR count). The first-order valence-corrected chi connectivity index (χ1v) is 7.41. The fourth-order valence-electron chi connectivity index (χ4n) is 2.38. The van der Waals surface area contributed by atoms with Crippen LogP contribution >= 0.6 is 0 Å². The van der Waals surface area contributed by atoms with Crippen LogP contribution in [0.1, 0.15) is 5.56 Å². The molecule has 1 aromatic heterocycles. The Morgan fingerprint density at radius 2 is 1.75 bits per heavy atom. The van der Waals surface area contributed by atoms with Crippen molar-refractivity contribution in [3.8, 4) is 5.75 Å². The van der Waals surface area contributed by atoms with Gasteiger partial charge in [-0.05, 0) is 48.9 Å². The van der Waals surface area contributed by atoms with Crippen molar-refractivity contribution in [1.82, 2.24) is 0 Å². The number of hydrogen-bond acceptors (Lipinski definition) is 6. The summed E-state index contributed by atoms with van der Waals surface area (Å²) in [5.41, 5.74) is 2.32. The third-order valence-corrected chi connectivity index (χ3v) is 3.70. The largest absolute Gasteiger partial charge is 0.505 e. The molecule has 0 atom stereocenters. The third-order valence-electron chi connectivity index (χ3n) is 3.70. The fraction of sp³-hybridized carbons (Fsp3) is 0.167. The summed E-state index contributed by atoms with van der Waals surface area (Å²) in [5.74, 6) is -0.0927. The van der Waals surface area contributed by atoms with E-state index in [1.807, 2.05) is 43.3 Å². The van der Waals surface area contributed by atoms with Gasteiger partial charge < -0.3 is 14.4 Å². The van der Waals surface area contributed by atoms with Crippen molar-refractivity contribution in [1.29, 1.82) is 0 Å². The summed E-state index contributed by atoms with van der Waals surface area (Å²) < 4.78 is 5.22. The molecule has 24 heavy (non-hydrogen) atoms. The van der Waals surface area contributed by atoms with Crippen molar-refractivity contribution in [3.05, 3.63) is 58.4 Å². The highest BCUT2D eigenvalue weighted by molar-refractivity contribution is 5.92. The molecule has 2 aromatic carbocycles. The Balaban J connectivity index is 2.06. The summed E-state index contributed by atoms with van der Waals surface area (Å²) in [6.07, 6.45) is 0. The molecule has 1 N–H and O–H groups in total. The van der Waals surface area contributed by atoms with E-state index in [4.69, 9.17) is 4.42 Å². The van der Waals surface area contributed by atoms with Gasteiger partial charge in [-0.3, -0.25) is 0 Å².